The zero-order valence-corrected chi connectivity index (χ0v) is 16.9. The first kappa shape index (κ1) is 20.6. The van der Waals surface area contributed by atoms with Gasteiger partial charge in [-0.3, -0.25) is 9.78 Å². The minimum atomic E-state index is -3.59. The molecule has 1 aliphatic heterocycles. The van der Waals surface area contributed by atoms with Crippen molar-refractivity contribution in [3.63, 3.8) is 0 Å². The first-order valence-corrected chi connectivity index (χ1v) is 10.6. The number of hydrogen-bond acceptors (Lipinski definition) is 6. The maximum atomic E-state index is 12.6. The number of carbonyl (C=O) groups excluding carboxylic acids is 1. The molecule has 0 saturated carbocycles. The van der Waals surface area contributed by atoms with Crippen LogP contribution in [0.4, 0.5) is 0 Å². The van der Waals surface area contributed by atoms with E-state index in [1.54, 1.807) is 24.3 Å². The van der Waals surface area contributed by atoms with Crippen LogP contribution in [0.5, 0.6) is 5.75 Å². The van der Waals surface area contributed by atoms with Gasteiger partial charge in [0.2, 0.25) is 10.0 Å². The average Bonchev–Trinajstić information content (AvgIpc) is 2.73. The summed E-state index contributed by atoms with van der Waals surface area (Å²) in [5.74, 6) is -0.0967. The molecule has 1 fully saturated rings. The van der Waals surface area contributed by atoms with Crippen LogP contribution < -0.4 is 4.74 Å². The van der Waals surface area contributed by atoms with Crippen LogP contribution in [0.25, 0.3) is 0 Å². The van der Waals surface area contributed by atoms with Crippen molar-refractivity contribution >= 4 is 27.6 Å². The summed E-state index contributed by atoms with van der Waals surface area (Å²) in [6, 6.07) is 8.20. The smallest absolute Gasteiger partial charge is 0.309 e. The van der Waals surface area contributed by atoms with E-state index in [0.717, 1.165) is 0 Å². The number of sulfonamides is 1. The zero-order chi connectivity index (χ0) is 20.1. The Hall–Kier alpha value is -2.16. The number of piperidine rings is 1. The number of hydrogen-bond donors (Lipinski definition) is 0. The molecule has 0 amide bonds. The lowest BCUT2D eigenvalue weighted by molar-refractivity contribution is -0.151. The average molecular weight is 425 g/mol. The van der Waals surface area contributed by atoms with E-state index in [1.807, 2.05) is 0 Å². The number of rotatable bonds is 6. The van der Waals surface area contributed by atoms with E-state index in [4.69, 9.17) is 21.1 Å². The number of ether oxygens (including phenoxy) is 2. The number of nitrogens with zero attached hydrogens (tertiary/aromatic N) is 2. The Morgan fingerprint density at radius 1 is 1.29 bits per heavy atom. The molecule has 28 heavy (non-hydrogen) atoms. The summed E-state index contributed by atoms with van der Waals surface area (Å²) in [5.41, 5.74) is 0.681. The van der Waals surface area contributed by atoms with Gasteiger partial charge in [0.15, 0.2) is 0 Å². The molecule has 1 aromatic carbocycles. The fourth-order valence-corrected chi connectivity index (χ4v) is 4.74. The Morgan fingerprint density at radius 2 is 2.04 bits per heavy atom. The number of esters is 1. The van der Waals surface area contributed by atoms with Gasteiger partial charge < -0.3 is 9.47 Å². The van der Waals surface area contributed by atoms with Crippen LogP contribution in [0.15, 0.2) is 47.6 Å². The molecule has 7 nitrogen and oxygen atoms in total. The predicted octanol–water partition coefficient (Wildman–Crippen LogP) is 2.89. The summed E-state index contributed by atoms with van der Waals surface area (Å²) >= 11 is 5.98. The van der Waals surface area contributed by atoms with E-state index in [1.165, 1.54) is 29.9 Å². The third-order valence-corrected chi connectivity index (χ3v) is 6.79. The largest absolute Gasteiger partial charge is 0.496 e. The Kier molecular flexibility index (Phi) is 6.53. The molecule has 0 atom stereocenters. The van der Waals surface area contributed by atoms with Gasteiger partial charge in [0, 0.05) is 36.1 Å². The molecule has 0 N–H and O–H groups in total. The molecule has 1 aliphatic rings. The van der Waals surface area contributed by atoms with E-state index in [0.29, 0.717) is 29.2 Å². The summed E-state index contributed by atoms with van der Waals surface area (Å²) in [4.78, 5) is 16.4. The highest BCUT2D eigenvalue weighted by Gasteiger charge is 2.33. The second-order valence-electron chi connectivity index (χ2n) is 6.43. The van der Waals surface area contributed by atoms with Crippen molar-refractivity contribution in [3.8, 4) is 5.75 Å². The lowest BCUT2D eigenvalue weighted by Gasteiger charge is -2.30. The van der Waals surface area contributed by atoms with E-state index >= 15 is 0 Å². The second-order valence-corrected chi connectivity index (χ2v) is 8.81. The fraction of sp³-hybridized carbons (Fsp3) is 0.368. The molecule has 2 heterocycles. The molecule has 1 saturated heterocycles. The van der Waals surface area contributed by atoms with Crippen LogP contribution in [-0.2, 0) is 26.2 Å². The Balaban J connectivity index is 1.56. The molecule has 0 radical (unpaired) electrons. The van der Waals surface area contributed by atoms with Gasteiger partial charge in [-0.1, -0.05) is 11.6 Å². The Morgan fingerprint density at radius 3 is 2.68 bits per heavy atom. The monoisotopic (exact) mass is 424 g/mol. The molecule has 0 spiro atoms. The number of pyridine rings is 1. The van der Waals surface area contributed by atoms with Crippen molar-refractivity contribution in [2.75, 3.05) is 20.2 Å². The SMILES string of the molecule is COc1ccc(Cl)cc1COC(=O)C1CCN(S(=O)(=O)c2cccnc2)CC1. The van der Waals surface area contributed by atoms with Crippen LogP contribution in [0.1, 0.15) is 18.4 Å². The van der Waals surface area contributed by atoms with Crippen molar-refractivity contribution in [1.82, 2.24) is 9.29 Å². The molecule has 0 unspecified atom stereocenters. The molecule has 2 aromatic rings. The van der Waals surface area contributed by atoms with Crippen molar-refractivity contribution in [2.45, 2.75) is 24.3 Å². The van der Waals surface area contributed by atoms with E-state index in [2.05, 4.69) is 4.98 Å². The third kappa shape index (κ3) is 4.63. The summed E-state index contributed by atoms with van der Waals surface area (Å²) in [6.45, 7) is 0.575. The van der Waals surface area contributed by atoms with Gasteiger partial charge in [0.25, 0.3) is 0 Å². The number of carbonyl (C=O) groups is 1. The summed E-state index contributed by atoms with van der Waals surface area (Å²) in [7, 11) is -2.06. The quantitative estimate of drug-likeness (QED) is 0.663. The molecule has 3 rings (SSSR count). The van der Waals surface area contributed by atoms with Gasteiger partial charge in [0.05, 0.1) is 13.0 Å². The summed E-state index contributed by atoms with van der Waals surface area (Å²) < 4.78 is 37.3. The Bertz CT molecular complexity index is 929. The van der Waals surface area contributed by atoms with Crippen molar-refractivity contribution in [2.24, 2.45) is 5.92 Å². The highest BCUT2D eigenvalue weighted by atomic mass is 35.5. The normalized spacial score (nSPS) is 15.9. The lowest BCUT2D eigenvalue weighted by atomic mass is 9.98. The minimum Gasteiger partial charge on any atom is -0.496 e. The van der Waals surface area contributed by atoms with Crippen molar-refractivity contribution in [1.29, 1.82) is 0 Å². The lowest BCUT2D eigenvalue weighted by Crippen LogP contribution is -2.40. The van der Waals surface area contributed by atoms with Crippen LogP contribution in [0, 0.1) is 5.92 Å². The second kappa shape index (κ2) is 8.89. The molecular weight excluding hydrogens is 404 g/mol. The first-order chi connectivity index (χ1) is 13.4. The van der Waals surface area contributed by atoms with Gasteiger partial charge in [0.1, 0.15) is 17.3 Å². The van der Waals surface area contributed by atoms with Gasteiger partial charge in [-0.05, 0) is 43.2 Å². The van der Waals surface area contributed by atoms with Crippen LogP contribution >= 0.6 is 11.6 Å². The number of methoxy groups -OCH3 is 1. The number of aromatic nitrogens is 1. The highest BCUT2D eigenvalue weighted by molar-refractivity contribution is 7.89. The van der Waals surface area contributed by atoms with Crippen LogP contribution in [0.2, 0.25) is 5.02 Å². The van der Waals surface area contributed by atoms with Crippen molar-refractivity contribution < 1.29 is 22.7 Å². The molecule has 150 valence electrons. The zero-order valence-electron chi connectivity index (χ0n) is 15.4. The number of halogens is 1. The molecule has 0 bridgehead atoms. The van der Waals surface area contributed by atoms with E-state index in [-0.39, 0.29) is 36.5 Å². The fourth-order valence-electron chi connectivity index (χ4n) is 3.11. The van der Waals surface area contributed by atoms with Crippen LogP contribution in [0.3, 0.4) is 0 Å². The number of benzene rings is 1. The topological polar surface area (TPSA) is 85.8 Å². The van der Waals surface area contributed by atoms with Gasteiger partial charge >= 0.3 is 5.97 Å². The maximum Gasteiger partial charge on any atom is 0.309 e. The van der Waals surface area contributed by atoms with E-state index in [9.17, 15) is 13.2 Å². The summed E-state index contributed by atoms with van der Waals surface area (Å²) in [6.07, 6.45) is 3.67. The standard InChI is InChI=1S/C19H21ClN2O5S/c1-26-18-5-4-16(20)11-15(18)13-27-19(23)14-6-9-22(10-7-14)28(24,25)17-3-2-8-21-12-17/h2-5,8,11-12,14H,6-7,9-10,13H2,1H3. The van der Waals surface area contributed by atoms with Crippen LogP contribution in [-0.4, -0.2) is 43.9 Å². The highest BCUT2D eigenvalue weighted by Crippen LogP contribution is 2.26. The van der Waals surface area contributed by atoms with E-state index < -0.39 is 10.0 Å². The predicted molar refractivity (Wildman–Crippen MR) is 104 cm³/mol. The van der Waals surface area contributed by atoms with Gasteiger partial charge in [-0.15, -0.1) is 0 Å². The third-order valence-electron chi connectivity index (χ3n) is 4.67. The Labute approximate surface area is 169 Å². The maximum absolute atomic E-state index is 12.6. The van der Waals surface area contributed by atoms with Gasteiger partial charge in [-0.2, -0.15) is 4.31 Å². The van der Waals surface area contributed by atoms with Crippen molar-refractivity contribution in [3.05, 3.63) is 53.3 Å². The molecule has 0 aliphatic carbocycles. The first-order valence-electron chi connectivity index (χ1n) is 8.81. The minimum absolute atomic E-state index is 0.0523. The molecule has 9 heteroatoms. The molecular formula is C19H21ClN2O5S. The summed E-state index contributed by atoms with van der Waals surface area (Å²) in [5, 5.41) is 0.528. The molecule has 1 aromatic heterocycles. The van der Waals surface area contributed by atoms with Gasteiger partial charge in [-0.25, -0.2) is 8.42 Å².